The third-order valence-corrected chi connectivity index (χ3v) is 3.68. The standard InChI is InChI=1S/C15H15ClN4.C3H6O2/c1-11-9-17-20-14(8-13(16)18-15(11)20)19(2)10-12-6-4-3-5-7-12;1-2-5-3-4/h3-9H,10H2,1-2H3;3H,2H2,1H3. The zero-order chi connectivity index (χ0) is 18.2. The molecule has 7 heteroatoms. The van der Waals surface area contributed by atoms with Gasteiger partial charge >= 0.3 is 0 Å². The quantitative estimate of drug-likeness (QED) is 0.514. The van der Waals surface area contributed by atoms with Crippen LogP contribution in [0.5, 0.6) is 0 Å². The molecule has 0 aliphatic heterocycles. The van der Waals surface area contributed by atoms with Gasteiger partial charge in [0, 0.05) is 25.2 Å². The number of hydrogen-bond acceptors (Lipinski definition) is 5. The highest BCUT2D eigenvalue weighted by molar-refractivity contribution is 6.29. The van der Waals surface area contributed by atoms with Crippen molar-refractivity contribution in [2.24, 2.45) is 0 Å². The van der Waals surface area contributed by atoms with Crippen LogP contribution in [0.25, 0.3) is 5.65 Å². The summed E-state index contributed by atoms with van der Waals surface area (Å²) in [5, 5.41) is 4.86. The normalized spacial score (nSPS) is 10.1. The van der Waals surface area contributed by atoms with Crippen molar-refractivity contribution in [2.75, 3.05) is 18.6 Å². The number of hydrogen-bond donors (Lipinski definition) is 0. The Morgan fingerprint density at radius 2 is 2.04 bits per heavy atom. The number of benzene rings is 1. The maximum atomic E-state index is 9.18. The van der Waals surface area contributed by atoms with Crippen LogP contribution >= 0.6 is 11.6 Å². The van der Waals surface area contributed by atoms with Gasteiger partial charge in [-0.2, -0.15) is 9.61 Å². The Bertz CT molecular complexity index is 821. The number of rotatable bonds is 5. The van der Waals surface area contributed by atoms with Gasteiger partial charge in [-0.1, -0.05) is 41.9 Å². The second-order valence-electron chi connectivity index (χ2n) is 5.39. The molecule has 2 aromatic heterocycles. The van der Waals surface area contributed by atoms with Gasteiger partial charge in [-0.3, -0.25) is 4.79 Å². The van der Waals surface area contributed by atoms with E-state index in [-0.39, 0.29) is 0 Å². The SMILES string of the molecule is CCOC=O.Cc1cnn2c(N(C)Cc3ccccc3)cc(Cl)nc12. The number of anilines is 1. The van der Waals surface area contributed by atoms with Gasteiger partial charge in [0.1, 0.15) is 11.0 Å². The third-order valence-electron chi connectivity index (χ3n) is 3.49. The van der Waals surface area contributed by atoms with Gasteiger partial charge in [-0.15, -0.1) is 0 Å². The predicted octanol–water partition coefficient (Wildman–Crippen LogP) is 3.51. The first kappa shape index (κ1) is 18.7. The van der Waals surface area contributed by atoms with Gasteiger partial charge in [0.2, 0.25) is 0 Å². The van der Waals surface area contributed by atoms with E-state index in [9.17, 15) is 4.79 Å². The van der Waals surface area contributed by atoms with Crippen molar-refractivity contribution in [2.45, 2.75) is 20.4 Å². The van der Waals surface area contributed by atoms with Gasteiger partial charge in [0.15, 0.2) is 5.65 Å². The van der Waals surface area contributed by atoms with E-state index in [0.717, 1.165) is 23.6 Å². The molecule has 25 heavy (non-hydrogen) atoms. The molecule has 0 N–H and O–H groups in total. The fourth-order valence-electron chi connectivity index (χ4n) is 2.31. The molecule has 0 fully saturated rings. The number of nitrogens with zero attached hydrogens (tertiary/aromatic N) is 4. The monoisotopic (exact) mass is 360 g/mol. The summed E-state index contributed by atoms with van der Waals surface area (Å²) in [7, 11) is 2.02. The molecule has 0 atom stereocenters. The number of carbonyl (C=O) groups excluding carboxylic acids is 1. The number of aryl methyl sites for hydroxylation is 1. The van der Waals surface area contributed by atoms with Crippen LogP contribution in [0.4, 0.5) is 5.82 Å². The highest BCUT2D eigenvalue weighted by Gasteiger charge is 2.12. The fourth-order valence-corrected chi connectivity index (χ4v) is 2.48. The van der Waals surface area contributed by atoms with E-state index in [1.165, 1.54) is 5.56 Å². The highest BCUT2D eigenvalue weighted by Crippen LogP contribution is 2.22. The topological polar surface area (TPSA) is 59.7 Å². The maximum absolute atomic E-state index is 9.18. The molecule has 0 amide bonds. The van der Waals surface area contributed by atoms with Crippen molar-refractivity contribution in [1.82, 2.24) is 14.6 Å². The molecule has 0 unspecified atom stereocenters. The molecule has 0 spiro atoms. The summed E-state index contributed by atoms with van der Waals surface area (Å²) < 4.78 is 5.98. The van der Waals surface area contributed by atoms with Gasteiger partial charge in [0.05, 0.1) is 12.8 Å². The van der Waals surface area contributed by atoms with E-state index in [4.69, 9.17) is 11.6 Å². The minimum absolute atomic E-state index is 0.431. The molecule has 0 aliphatic carbocycles. The number of carbonyl (C=O) groups is 1. The summed E-state index contributed by atoms with van der Waals surface area (Å²) in [5.41, 5.74) is 3.05. The Hall–Kier alpha value is -2.60. The molecule has 0 aliphatic rings. The Labute approximate surface area is 152 Å². The molecule has 0 radical (unpaired) electrons. The van der Waals surface area contributed by atoms with Crippen LogP contribution in [-0.2, 0) is 16.1 Å². The molecule has 1 aromatic carbocycles. The minimum atomic E-state index is 0.431. The van der Waals surface area contributed by atoms with Crippen molar-refractivity contribution in [3.63, 3.8) is 0 Å². The molecule has 6 nitrogen and oxygen atoms in total. The summed E-state index contributed by atoms with van der Waals surface area (Å²) in [4.78, 5) is 15.6. The van der Waals surface area contributed by atoms with Crippen LogP contribution < -0.4 is 4.90 Å². The maximum Gasteiger partial charge on any atom is 0.293 e. The van der Waals surface area contributed by atoms with Crippen molar-refractivity contribution < 1.29 is 9.53 Å². The van der Waals surface area contributed by atoms with E-state index in [0.29, 0.717) is 18.2 Å². The van der Waals surface area contributed by atoms with E-state index in [1.807, 2.05) is 42.8 Å². The lowest BCUT2D eigenvalue weighted by atomic mass is 10.2. The van der Waals surface area contributed by atoms with Crippen molar-refractivity contribution in [3.8, 4) is 0 Å². The molecule has 132 valence electrons. The first-order valence-corrected chi connectivity index (χ1v) is 8.25. The molecule has 3 aromatic rings. The van der Waals surface area contributed by atoms with Crippen molar-refractivity contribution in [1.29, 1.82) is 0 Å². The minimum Gasteiger partial charge on any atom is -0.468 e. The van der Waals surface area contributed by atoms with Crippen LogP contribution in [0.3, 0.4) is 0 Å². The summed E-state index contributed by atoms with van der Waals surface area (Å²) in [6.07, 6.45) is 1.80. The van der Waals surface area contributed by atoms with E-state index >= 15 is 0 Å². The van der Waals surface area contributed by atoms with E-state index in [1.54, 1.807) is 13.1 Å². The number of fused-ring (bicyclic) bond motifs is 1. The van der Waals surface area contributed by atoms with E-state index < -0.39 is 0 Å². The predicted molar refractivity (Wildman–Crippen MR) is 99.0 cm³/mol. The molecule has 0 bridgehead atoms. The Morgan fingerprint density at radius 3 is 2.64 bits per heavy atom. The summed E-state index contributed by atoms with van der Waals surface area (Å²) >= 11 is 6.12. The lowest BCUT2D eigenvalue weighted by Gasteiger charge is -2.20. The smallest absolute Gasteiger partial charge is 0.293 e. The van der Waals surface area contributed by atoms with Gasteiger partial charge in [-0.05, 0) is 19.4 Å². The number of aromatic nitrogens is 3. The number of ether oxygens (including phenoxy) is 1. The average molecular weight is 361 g/mol. The zero-order valence-corrected chi connectivity index (χ0v) is 15.3. The molecule has 3 rings (SSSR count). The Morgan fingerprint density at radius 1 is 1.32 bits per heavy atom. The summed E-state index contributed by atoms with van der Waals surface area (Å²) in [5.74, 6) is 0.928. The van der Waals surface area contributed by atoms with Crippen LogP contribution in [0, 0.1) is 6.92 Å². The van der Waals surface area contributed by atoms with Crippen LogP contribution in [-0.4, -0.2) is 34.7 Å². The van der Waals surface area contributed by atoms with Crippen molar-refractivity contribution in [3.05, 3.63) is 58.9 Å². The molecule has 0 saturated heterocycles. The number of halogens is 1. The zero-order valence-electron chi connectivity index (χ0n) is 14.5. The second kappa shape index (κ2) is 9.03. The Kier molecular flexibility index (Phi) is 6.77. The van der Waals surface area contributed by atoms with Crippen LogP contribution in [0.2, 0.25) is 5.15 Å². The lowest BCUT2D eigenvalue weighted by molar-refractivity contribution is -0.128. The summed E-state index contributed by atoms with van der Waals surface area (Å²) in [6.45, 7) is 5.43. The molecular formula is C18H21ClN4O2. The molecule has 0 saturated carbocycles. The fraction of sp³-hybridized carbons (Fsp3) is 0.278. The van der Waals surface area contributed by atoms with E-state index in [2.05, 4.69) is 31.9 Å². The largest absolute Gasteiger partial charge is 0.468 e. The average Bonchev–Trinajstić information content (AvgIpc) is 2.97. The first-order valence-electron chi connectivity index (χ1n) is 7.88. The van der Waals surface area contributed by atoms with Gasteiger partial charge in [-0.25, -0.2) is 4.98 Å². The highest BCUT2D eigenvalue weighted by atomic mass is 35.5. The van der Waals surface area contributed by atoms with Crippen LogP contribution in [0.15, 0.2) is 42.6 Å². The van der Waals surface area contributed by atoms with Gasteiger partial charge in [0.25, 0.3) is 6.47 Å². The van der Waals surface area contributed by atoms with Crippen molar-refractivity contribution >= 4 is 29.5 Å². The molecule has 2 heterocycles. The van der Waals surface area contributed by atoms with Crippen LogP contribution in [0.1, 0.15) is 18.1 Å². The van der Waals surface area contributed by atoms with Gasteiger partial charge < -0.3 is 9.64 Å². The molecular weight excluding hydrogens is 340 g/mol. The second-order valence-corrected chi connectivity index (χ2v) is 5.78. The summed E-state index contributed by atoms with van der Waals surface area (Å²) in [6, 6.07) is 12.1. The lowest BCUT2D eigenvalue weighted by Crippen LogP contribution is -2.20. The third kappa shape index (κ3) is 4.93. The first-order chi connectivity index (χ1) is 12.1. The Balaban J connectivity index is 0.000000399.